The van der Waals surface area contributed by atoms with E-state index in [0.29, 0.717) is 6.54 Å². The molecule has 14 heavy (non-hydrogen) atoms. The molecule has 2 aromatic rings. The van der Waals surface area contributed by atoms with Crippen molar-refractivity contribution in [3.63, 3.8) is 0 Å². The Bertz CT molecular complexity index is 424. The summed E-state index contributed by atoms with van der Waals surface area (Å²) < 4.78 is 1.23. The van der Waals surface area contributed by atoms with E-state index in [9.17, 15) is 0 Å². The summed E-state index contributed by atoms with van der Waals surface area (Å²) in [5.41, 5.74) is 9.62. The monoisotopic (exact) mass is 207 g/mol. The third-order valence-corrected chi connectivity index (χ3v) is 3.03. The predicted molar refractivity (Wildman–Crippen MR) is 61.9 cm³/mol. The highest BCUT2D eigenvalue weighted by atomic mass is 32.1. The van der Waals surface area contributed by atoms with E-state index < -0.39 is 0 Å². The van der Waals surface area contributed by atoms with Gasteiger partial charge in [-0.05, 0) is 18.2 Å². The van der Waals surface area contributed by atoms with Gasteiger partial charge in [-0.25, -0.2) is 4.98 Å². The van der Waals surface area contributed by atoms with Crippen LogP contribution in [0.1, 0.15) is 0 Å². The summed E-state index contributed by atoms with van der Waals surface area (Å²) in [7, 11) is 2.04. The van der Waals surface area contributed by atoms with Crippen LogP contribution in [0.5, 0.6) is 0 Å². The maximum Gasteiger partial charge on any atom is 0.0832 e. The SMILES string of the molecule is CN(CCN)c1ccc2scnc2c1. The van der Waals surface area contributed by atoms with Crippen molar-refractivity contribution in [2.75, 3.05) is 25.0 Å². The number of hydrogen-bond acceptors (Lipinski definition) is 4. The summed E-state index contributed by atoms with van der Waals surface area (Å²) in [6, 6.07) is 6.31. The molecule has 0 aliphatic rings. The number of benzene rings is 1. The number of aromatic nitrogens is 1. The van der Waals surface area contributed by atoms with Gasteiger partial charge in [0.1, 0.15) is 0 Å². The van der Waals surface area contributed by atoms with Crippen molar-refractivity contribution in [1.82, 2.24) is 4.98 Å². The van der Waals surface area contributed by atoms with Gasteiger partial charge in [0.15, 0.2) is 0 Å². The minimum atomic E-state index is 0.672. The van der Waals surface area contributed by atoms with Gasteiger partial charge in [-0.15, -0.1) is 11.3 Å². The third kappa shape index (κ3) is 1.71. The van der Waals surface area contributed by atoms with Crippen LogP contribution in [0.3, 0.4) is 0 Å². The van der Waals surface area contributed by atoms with Crippen LogP contribution in [-0.2, 0) is 0 Å². The minimum absolute atomic E-state index is 0.672. The molecule has 0 saturated heterocycles. The maximum absolute atomic E-state index is 5.50. The Balaban J connectivity index is 2.33. The van der Waals surface area contributed by atoms with Crippen LogP contribution in [0, 0.1) is 0 Å². The van der Waals surface area contributed by atoms with Gasteiger partial charge in [-0.2, -0.15) is 0 Å². The summed E-state index contributed by atoms with van der Waals surface area (Å²) in [6.07, 6.45) is 0. The molecule has 0 fully saturated rings. The molecular weight excluding hydrogens is 194 g/mol. The molecule has 1 aromatic carbocycles. The molecule has 3 nitrogen and oxygen atoms in total. The Morgan fingerprint density at radius 3 is 3.14 bits per heavy atom. The molecule has 2 N–H and O–H groups in total. The topological polar surface area (TPSA) is 42.1 Å². The molecule has 2 rings (SSSR count). The molecule has 0 amide bonds. The van der Waals surface area contributed by atoms with Crippen molar-refractivity contribution in [3.8, 4) is 0 Å². The van der Waals surface area contributed by atoms with Gasteiger partial charge < -0.3 is 10.6 Å². The molecule has 0 radical (unpaired) electrons. The second-order valence-corrected chi connectivity index (χ2v) is 4.10. The number of thiazole rings is 1. The second-order valence-electron chi connectivity index (χ2n) is 3.21. The van der Waals surface area contributed by atoms with E-state index in [1.165, 1.54) is 10.4 Å². The zero-order chi connectivity index (χ0) is 9.97. The summed E-state index contributed by atoms with van der Waals surface area (Å²) in [5, 5.41) is 0. The molecule has 0 bridgehead atoms. The van der Waals surface area contributed by atoms with Crippen molar-refractivity contribution in [3.05, 3.63) is 23.7 Å². The largest absolute Gasteiger partial charge is 0.373 e. The van der Waals surface area contributed by atoms with Crippen molar-refractivity contribution in [2.24, 2.45) is 5.73 Å². The summed E-state index contributed by atoms with van der Waals surface area (Å²) in [4.78, 5) is 6.42. The first-order chi connectivity index (χ1) is 6.81. The van der Waals surface area contributed by atoms with Crippen LogP contribution in [0.2, 0.25) is 0 Å². The lowest BCUT2D eigenvalue weighted by Crippen LogP contribution is -2.24. The number of nitrogens with two attached hydrogens (primary N) is 1. The summed E-state index contributed by atoms with van der Waals surface area (Å²) in [6.45, 7) is 1.54. The average Bonchev–Trinajstić information content (AvgIpc) is 2.64. The fourth-order valence-corrected chi connectivity index (χ4v) is 2.07. The van der Waals surface area contributed by atoms with E-state index in [4.69, 9.17) is 5.73 Å². The quantitative estimate of drug-likeness (QED) is 0.832. The third-order valence-electron chi connectivity index (χ3n) is 2.22. The molecule has 0 aliphatic carbocycles. The first-order valence-electron chi connectivity index (χ1n) is 4.55. The van der Waals surface area contributed by atoms with E-state index in [0.717, 1.165) is 12.1 Å². The zero-order valence-electron chi connectivity index (χ0n) is 8.10. The smallest absolute Gasteiger partial charge is 0.0832 e. The standard InChI is InChI=1S/C10H13N3S/c1-13(5-4-11)8-2-3-10-9(6-8)12-7-14-10/h2-3,6-7H,4-5,11H2,1H3. The number of nitrogens with zero attached hydrogens (tertiary/aromatic N) is 2. The fourth-order valence-electron chi connectivity index (χ4n) is 1.41. The lowest BCUT2D eigenvalue weighted by Gasteiger charge is -2.17. The second kappa shape index (κ2) is 3.94. The molecule has 1 aromatic heterocycles. The van der Waals surface area contributed by atoms with Gasteiger partial charge in [0, 0.05) is 25.8 Å². The number of fused-ring (bicyclic) bond motifs is 1. The molecule has 1 heterocycles. The number of anilines is 1. The Morgan fingerprint density at radius 1 is 1.50 bits per heavy atom. The Kier molecular flexibility index (Phi) is 2.65. The van der Waals surface area contributed by atoms with E-state index in [-0.39, 0.29) is 0 Å². The van der Waals surface area contributed by atoms with Crippen LogP contribution >= 0.6 is 11.3 Å². The molecule has 0 spiro atoms. The van der Waals surface area contributed by atoms with E-state index >= 15 is 0 Å². The van der Waals surface area contributed by atoms with E-state index in [2.05, 4.69) is 28.1 Å². The van der Waals surface area contributed by atoms with Gasteiger partial charge in [0.2, 0.25) is 0 Å². The van der Waals surface area contributed by atoms with Crippen LogP contribution in [0.4, 0.5) is 5.69 Å². The van der Waals surface area contributed by atoms with Gasteiger partial charge >= 0.3 is 0 Å². The van der Waals surface area contributed by atoms with Crippen LogP contribution < -0.4 is 10.6 Å². The maximum atomic E-state index is 5.50. The van der Waals surface area contributed by atoms with Crippen molar-refractivity contribution >= 4 is 27.2 Å². The van der Waals surface area contributed by atoms with Gasteiger partial charge in [-0.3, -0.25) is 0 Å². The lowest BCUT2D eigenvalue weighted by atomic mass is 10.3. The van der Waals surface area contributed by atoms with Gasteiger partial charge in [0.25, 0.3) is 0 Å². The molecule has 0 saturated carbocycles. The first-order valence-corrected chi connectivity index (χ1v) is 5.43. The highest BCUT2D eigenvalue weighted by molar-refractivity contribution is 7.16. The molecule has 0 unspecified atom stereocenters. The molecular formula is C10H13N3S. The predicted octanol–water partition coefficient (Wildman–Crippen LogP) is 1.69. The normalized spacial score (nSPS) is 10.7. The number of hydrogen-bond donors (Lipinski definition) is 1. The first kappa shape index (κ1) is 9.43. The Labute approximate surface area is 87.2 Å². The van der Waals surface area contributed by atoms with Crippen LogP contribution in [0.25, 0.3) is 10.2 Å². The van der Waals surface area contributed by atoms with Crippen molar-refractivity contribution in [2.45, 2.75) is 0 Å². The van der Waals surface area contributed by atoms with Crippen molar-refractivity contribution < 1.29 is 0 Å². The zero-order valence-corrected chi connectivity index (χ0v) is 8.92. The summed E-state index contributed by atoms with van der Waals surface area (Å²) >= 11 is 1.67. The lowest BCUT2D eigenvalue weighted by molar-refractivity contribution is 0.886. The average molecular weight is 207 g/mol. The molecule has 0 atom stereocenters. The Hall–Kier alpha value is -1.13. The fraction of sp³-hybridized carbons (Fsp3) is 0.300. The number of rotatable bonds is 3. The van der Waals surface area contributed by atoms with Gasteiger partial charge in [0.05, 0.1) is 15.7 Å². The highest BCUT2D eigenvalue weighted by Gasteiger charge is 2.02. The molecule has 74 valence electrons. The molecule has 0 aliphatic heterocycles. The minimum Gasteiger partial charge on any atom is -0.373 e. The van der Waals surface area contributed by atoms with Crippen LogP contribution in [0.15, 0.2) is 23.7 Å². The van der Waals surface area contributed by atoms with Gasteiger partial charge in [-0.1, -0.05) is 0 Å². The van der Waals surface area contributed by atoms with Crippen LogP contribution in [-0.4, -0.2) is 25.1 Å². The molecule has 4 heteroatoms. The van der Waals surface area contributed by atoms with E-state index in [1.807, 2.05) is 12.6 Å². The Morgan fingerprint density at radius 2 is 2.36 bits per heavy atom. The highest BCUT2D eigenvalue weighted by Crippen LogP contribution is 2.22. The van der Waals surface area contributed by atoms with E-state index in [1.54, 1.807) is 11.3 Å². The summed E-state index contributed by atoms with van der Waals surface area (Å²) in [5.74, 6) is 0. The number of likely N-dealkylation sites (N-methyl/N-ethyl adjacent to an activating group) is 1. The van der Waals surface area contributed by atoms with Crippen molar-refractivity contribution in [1.29, 1.82) is 0 Å².